The Morgan fingerprint density at radius 2 is 1.76 bits per heavy atom. The van der Waals surface area contributed by atoms with Gasteiger partial charge in [-0.15, -0.1) is 11.8 Å². The number of hydrogen-bond acceptors (Lipinski definition) is 4. The third-order valence-electron chi connectivity index (χ3n) is 5.47. The molecule has 0 fully saturated rings. The second-order valence-electron chi connectivity index (χ2n) is 7.77. The number of benzene rings is 3. The first-order chi connectivity index (χ1) is 16.6. The van der Waals surface area contributed by atoms with E-state index in [1.807, 2.05) is 54.6 Å². The number of thioether (sulfide) groups is 1. The van der Waals surface area contributed by atoms with E-state index >= 15 is 0 Å². The SMILES string of the molecule is Fc1cccc(Cl)c1C1CC(c2ccc(OCc3ccc(Cl)nc3)cc2)=Nc2ccccc2S1. The summed E-state index contributed by atoms with van der Waals surface area (Å²) in [6.45, 7) is 0.391. The van der Waals surface area contributed by atoms with Crippen molar-refractivity contribution in [1.82, 2.24) is 4.98 Å². The molecule has 0 saturated heterocycles. The Balaban J connectivity index is 1.42. The van der Waals surface area contributed by atoms with Crippen LogP contribution in [-0.4, -0.2) is 10.7 Å². The monoisotopic (exact) mass is 508 g/mol. The molecule has 0 amide bonds. The fraction of sp³-hybridized carbons (Fsp3) is 0.111. The van der Waals surface area contributed by atoms with Crippen molar-refractivity contribution in [3.8, 4) is 5.75 Å². The fourth-order valence-corrected chi connectivity index (χ4v) is 5.54. The predicted molar refractivity (Wildman–Crippen MR) is 137 cm³/mol. The Hall–Kier alpha value is -2.86. The van der Waals surface area contributed by atoms with E-state index in [0.717, 1.165) is 33.2 Å². The normalized spacial score (nSPS) is 15.3. The van der Waals surface area contributed by atoms with Crippen molar-refractivity contribution in [3.05, 3.63) is 118 Å². The van der Waals surface area contributed by atoms with Crippen molar-refractivity contribution >= 4 is 46.4 Å². The number of pyridine rings is 1. The molecule has 1 aliphatic rings. The van der Waals surface area contributed by atoms with E-state index in [2.05, 4.69) is 4.98 Å². The third kappa shape index (κ3) is 5.12. The van der Waals surface area contributed by atoms with Gasteiger partial charge >= 0.3 is 0 Å². The Labute approximate surface area is 211 Å². The lowest BCUT2D eigenvalue weighted by atomic mass is 10.0. The third-order valence-corrected chi connectivity index (χ3v) is 7.31. The summed E-state index contributed by atoms with van der Waals surface area (Å²) >= 11 is 13.9. The molecule has 3 nitrogen and oxygen atoms in total. The van der Waals surface area contributed by atoms with E-state index in [1.165, 1.54) is 6.07 Å². The maximum absolute atomic E-state index is 14.8. The molecule has 1 aliphatic heterocycles. The number of fused-ring (bicyclic) bond motifs is 1. The number of rotatable bonds is 5. The minimum absolute atomic E-state index is 0.204. The first kappa shape index (κ1) is 22.9. The average Bonchev–Trinajstić information content (AvgIpc) is 3.04. The van der Waals surface area contributed by atoms with Crippen LogP contribution in [0.3, 0.4) is 0 Å². The van der Waals surface area contributed by atoms with Crippen molar-refractivity contribution in [2.24, 2.45) is 4.99 Å². The highest BCUT2D eigenvalue weighted by Gasteiger charge is 2.26. The summed E-state index contributed by atoms with van der Waals surface area (Å²) in [5.74, 6) is 0.431. The zero-order valence-corrected chi connectivity index (χ0v) is 20.2. The van der Waals surface area contributed by atoms with Crippen molar-refractivity contribution in [2.45, 2.75) is 23.2 Å². The zero-order chi connectivity index (χ0) is 23.5. The Morgan fingerprint density at radius 1 is 0.941 bits per heavy atom. The highest BCUT2D eigenvalue weighted by Crippen LogP contribution is 2.47. The van der Waals surface area contributed by atoms with Gasteiger partial charge in [0.25, 0.3) is 0 Å². The lowest BCUT2D eigenvalue weighted by molar-refractivity contribution is 0.306. The van der Waals surface area contributed by atoms with E-state index in [4.69, 9.17) is 32.9 Å². The minimum atomic E-state index is -0.302. The van der Waals surface area contributed by atoms with Gasteiger partial charge in [0, 0.05) is 44.6 Å². The molecule has 3 aromatic carbocycles. The molecule has 170 valence electrons. The van der Waals surface area contributed by atoms with Crippen molar-refractivity contribution in [2.75, 3.05) is 0 Å². The average molecular weight is 509 g/mol. The largest absolute Gasteiger partial charge is 0.489 e. The molecule has 0 saturated carbocycles. The maximum Gasteiger partial charge on any atom is 0.129 e. The molecule has 1 aromatic heterocycles. The van der Waals surface area contributed by atoms with Crippen LogP contribution >= 0.6 is 35.0 Å². The summed E-state index contributed by atoms with van der Waals surface area (Å²) in [5.41, 5.74) is 4.13. The molecule has 0 aliphatic carbocycles. The summed E-state index contributed by atoms with van der Waals surface area (Å²) in [7, 11) is 0. The minimum Gasteiger partial charge on any atom is -0.489 e. The number of hydrogen-bond donors (Lipinski definition) is 0. The number of nitrogens with zero attached hydrogens (tertiary/aromatic N) is 2. The second-order valence-corrected chi connectivity index (χ2v) is 9.81. The van der Waals surface area contributed by atoms with E-state index < -0.39 is 0 Å². The van der Waals surface area contributed by atoms with Gasteiger partial charge < -0.3 is 4.74 Å². The molecule has 7 heteroatoms. The lowest BCUT2D eigenvalue weighted by Crippen LogP contribution is -2.07. The summed E-state index contributed by atoms with van der Waals surface area (Å²) < 4.78 is 20.7. The molecule has 2 heterocycles. The van der Waals surface area contributed by atoms with E-state index in [0.29, 0.717) is 28.8 Å². The molecule has 34 heavy (non-hydrogen) atoms. The number of halogens is 3. The number of para-hydroxylation sites is 1. The first-order valence-corrected chi connectivity index (χ1v) is 12.3. The first-order valence-electron chi connectivity index (χ1n) is 10.7. The smallest absolute Gasteiger partial charge is 0.129 e. The molecule has 1 unspecified atom stereocenters. The van der Waals surface area contributed by atoms with Crippen LogP contribution in [0.15, 0.2) is 94.9 Å². The quantitative estimate of drug-likeness (QED) is 0.253. The van der Waals surface area contributed by atoms with Crippen LogP contribution in [-0.2, 0) is 6.61 Å². The van der Waals surface area contributed by atoms with Crippen LogP contribution in [0, 0.1) is 5.82 Å². The van der Waals surface area contributed by atoms with Crippen LogP contribution in [0.5, 0.6) is 5.75 Å². The Kier molecular flexibility index (Phi) is 6.86. The van der Waals surface area contributed by atoms with Crippen LogP contribution in [0.25, 0.3) is 0 Å². The molecule has 5 rings (SSSR count). The standard InChI is InChI=1S/C27H19Cl2FN2OS/c28-20-4-3-5-21(30)27(20)25-14-23(32-22-6-1-2-7-24(22)34-25)18-9-11-19(12-10-18)33-16-17-8-13-26(29)31-15-17/h1-13,15,25H,14,16H2. The van der Waals surface area contributed by atoms with Gasteiger partial charge in [0.05, 0.1) is 5.69 Å². The van der Waals surface area contributed by atoms with Crippen LogP contribution < -0.4 is 4.74 Å². The molecule has 4 aromatic rings. The van der Waals surface area contributed by atoms with Gasteiger partial charge in [-0.2, -0.15) is 0 Å². The van der Waals surface area contributed by atoms with Gasteiger partial charge in [-0.25, -0.2) is 9.37 Å². The topological polar surface area (TPSA) is 34.5 Å². The summed E-state index contributed by atoms with van der Waals surface area (Å²) in [4.78, 5) is 10.0. The Bertz CT molecular complexity index is 1320. The Morgan fingerprint density at radius 3 is 2.53 bits per heavy atom. The van der Waals surface area contributed by atoms with Gasteiger partial charge in [0.15, 0.2) is 0 Å². The molecular weight excluding hydrogens is 490 g/mol. The van der Waals surface area contributed by atoms with Crippen molar-refractivity contribution < 1.29 is 9.13 Å². The molecule has 0 spiro atoms. The van der Waals surface area contributed by atoms with Crippen molar-refractivity contribution in [1.29, 1.82) is 0 Å². The fourth-order valence-electron chi connectivity index (χ4n) is 3.77. The van der Waals surface area contributed by atoms with Crippen molar-refractivity contribution in [3.63, 3.8) is 0 Å². The highest BCUT2D eigenvalue weighted by atomic mass is 35.5. The zero-order valence-electron chi connectivity index (χ0n) is 17.9. The maximum atomic E-state index is 14.8. The molecule has 0 radical (unpaired) electrons. The molecule has 1 atom stereocenters. The van der Waals surface area contributed by atoms with E-state index in [-0.39, 0.29) is 11.1 Å². The summed E-state index contributed by atoms with van der Waals surface area (Å²) in [6, 6.07) is 24.1. The molecule has 0 bridgehead atoms. The summed E-state index contributed by atoms with van der Waals surface area (Å²) in [6.07, 6.45) is 2.23. The van der Waals surface area contributed by atoms with Crippen LogP contribution in [0.4, 0.5) is 10.1 Å². The molecule has 0 N–H and O–H groups in total. The van der Waals surface area contributed by atoms with E-state index in [1.54, 1.807) is 36.2 Å². The van der Waals surface area contributed by atoms with Crippen LogP contribution in [0.1, 0.15) is 28.4 Å². The van der Waals surface area contributed by atoms with Gasteiger partial charge in [-0.1, -0.05) is 47.5 Å². The second kappa shape index (κ2) is 10.2. The van der Waals surface area contributed by atoms with Gasteiger partial charge in [0.2, 0.25) is 0 Å². The van der Waals surface area contributed by atoms with Crippen LogP contribution in [0.2, 0.25) is 10.2 Å². The van der Waals surface area contributed by atoms with E-state index in [9.17, 15) is 4.39 Å². The number of aromatic nitrogens is 1. The molecular formula is C27H19Cl2FN2OS. The van der Waals surface area contributed by atoms with Gasteiger partial charge in [0.1, 0.15) is 23.3 Å². The van der Waals surface area contributed by atoms with Gasteiger partial charge in [-0.3, -0.25) is 4.99 Å². The lowest BCUT2D eigenvalue weighted by Gasteiger charge is -2.18. The number of ether oxygens (including phenoxy) is 1. The number of aliphatic imine (C=N–C) groups is 1. The van der Waals surface area contributed by atoms with Gasteiger partial charge in [-0.05, 0) is 60.2 Å². The predicted octanol–water partition coefficient (Wildman–Crippen LogP) is 8.46. The highest BCUT2D eigenvalue weighted by molar-refractivity contribution is 7.99. The summed E-state index contributed by atoms with van der Waals surface area (Å²) in [5, 5.41) is 0.674.